The van der Waals surface area contributed by atoms with Gasteiger partial charge in [-0.1, -0.05) is 85.8 Å². The van der Waals surface area contributed by atoms with Crippen molar-refractivity contribution >= 4 is 22.7 Å². The largest absolute Gasteiger partial charge is 0.481 e. The number of pyridine rings is 1. The zero-order valence-electron chi connectivity index (χ0n) is 21.6. The molecule has 6 nitrogen and oxygen atoms in total. The van der Waals surface area contributed by atoms with Crippen molar-refractivity contribution in [2.45, 2.75) is 33.2 Å². The van der Waals surface area contributed by atoms with E-state index in [2.05, 4.69) is 5.32 Å². The molecule has 0 saturated heterocycles. The number of nitrogens with zero attached hydrogens (tertiary/aromatic N) is 2. The zero-order valence-corrected chi connectivity index (χ0v) is 21.6. The van der Waals surface area contributed by atoms with Crippen LogP contribution in [0.3, 0.4) is 0 Å². The molecule has 1 atom stereocenters. The molecule has 0 aliphatic rings. The van der Waals surface area contributed by atoms with Gasteiger partial charge in [0.15, 0.2) is 12.4 Å². The maximum Gasteiger partial charge on any atom is 0.260 e. The summed E-state index contributed by atoms with van der Waals surface area (Å²) in [5.74, 6) is -0.0955. The van der Waals surface area contributed by atoms with E-state index in [0.29, 0.717) is 41.0 Å². The number of likely N-dealkylation sites (N-methyl/N-ethyl adjacent to an activating group) is 1. The van der Waals surface area contributed by atoms with Gasteiger partial charge in [0.05, 0.1) is 17.1 Å². The molecule has 1 unspecified atom stereocenters. The Morgan fingerprint density at radius 2 is 1.49 bits per heavy atom. The summed E-state index contributed by atoms with van der Waals surface area (Å²) in [6.45, 7) is 6.89. The van der Waals surface area contributed by atoms with Crippen LogP contribution in [0.25, 0.3) is 22.2 Å². The monoisotopic (exact) mass is 495 g/mol. The van der Waals surface area contributed by atoms with Crippen LogP contribution in [0.4, 0.5) is 0 Å². The summed E-state index contributed by atoms with van der Waals surface area (Å²) < 4.78 is 6.20. The van der Waals surface area contributed by atoms with Gasteiger partial charge >= 0.3 is 0 Å². The Kier molecular flexibility index (Phi) is 8.52. The fraction of sp³-hybridized carbons (Fsp3) is 0.258. The Bertz CT molecular complexity index is 1350. The van der Waals surface area contributed by atoms with E-state index in [0.717, 1.165) is 17.5 Å². The summed E-state index contributed by atoms with van der Waals surface area (Å²) in [7, 11) is 0. The standard InChI is InChI=1S/C31H33N3O3/c1-4-25(22-15-9-7-10-16-22)33-31(36)28-24-19-13-14-20-26(24)32-29(23-17-11-8-12-18-23)30(28)37-21-27(35)34(5-2)6-3/h7-20,25H,4-6,21H2,1-3H3,(H,33,36). The van der Waals surface area contributed by atoms with Crippen LogP contribution in [-0.4, -0.2) is 41.4 Å². The van der Waals surface area contributed by atoms with Gasteiger partial charge in [0, 0.05) is 24.0 Å². The van der Waals surface area contributed by atoms with Gasteiger partial charge in [-0.2, -0.15) is 0 Å². The third kappa shape index (κ3) is 5.80. The SMILES string of the molecule is CCC(NC(=O)c1c(OCC(=O)N(CC)CC)c(-c2ccccc2)nc2ccccc12)c1ccccc1. The summed E-state index contributed by atoms with van der Waals surface area (Å²) in [4.78, 5) is 33.4. The molecular weight excluding hydrogens is 462 g/mol. The minimum absolute atomic E-state index is 0.140. The van der Waals surface area contributed by atoms with E-state index < -0.39 is 0 Å². The molecule has 0 fully saturated rings. The van der Waals surface area contributed by atoms with Crippen LogP contribution in [0.15, 0.2) is 84.9 Å². The first-order valence-electron chi connectivity index (χ1n) is 12.8. The zero-order chi connectivity index (χ0) is 26.2. The van der Waals surface area contributed by atoms with Crippen LogP contribution in [0.5, 0.6) is 5.75 Å². The first kappa shape index (κ1) is 25.9. The van der Waals surface area contributed by atoms with Crippen molar-refractivity contribution in [3.05, 3.63) is 96.1 Å². The Morgan fingerprint density at radius 1 is 0.865 bits per heavy atom. The molecule has 37 heavy (non-hydrogen) atoms. The molecule has 4 rings (SSSR count). The molecule has 4 aromatic rings. The molecule has 2 amide bonds. The second kappa shape index (κ2) is 12.2. The summed E-state index contributed by atoms with van der Waals surface area (Å²) >= 11 is 0. The van der Waals surface area contributed by atoms with Crippen molar-refractivity contribution in [3.8, 4) is 17.0 Å². The molecule has 0 aliphatic heterocycles. The Labute approximate surface area is 218 Å². The van der Waals surface area contributed by atoms with Gasteiger partial charge in [-0.15, -0.1) is 0 Å². The van der Waals surface area contributed by atoms with E-state index >= 15 is 0 Å². The molecule has 0 bridgehead atoms. The highest BCUT2D eigenvalue weighted by molar-refractivity contribution is 6.10. The smallest absolute Gasteiger partial charge is 0.260 e. The van der Waals surface area contributed by atoms with Crippen LogP contribution in [0.2, 0.25) is 0 Å². The molecule has 1 aromatic heterocycles. The lowest BCUT2D eigenvalue weighted by atomic mass is 10.00. The highest BCUT2D eigenvalue weighted by atomic mass is 16.5. The molecule has 1 N–H and O–H groups in total. The third-order valence-corrected chi connectivity index (χ3v) is 6.49. The first-order valence-corrected chi connectivity index (χ1v) is 12.8. The normalized spacial score (nSPS) is 11.6. The fourth-order valence-electron chi connectivity index (χ4n) is 4.49. The number of para-hydroxylation sites is 1. The van der Waals surface area contributed by atoms with Gasteiger partial charge in [0.2, 0.25) is 0 Å². The number of hydrogen-bond acceptors (Lipinski definition) is 4. The van der Waals surface area contributed by atoms with Crippen LogP contribution in [0, 0.1) is 0 Å². The van der Waals surface area contributed by atoms with Gasteiger partial charge in [0.25, 0.3) is 11.8 Å². The lowest BCUT2D eigenvalue weighted by Gasteiger charge is -2.23. The maximum atomic E-state index is 14.0. The summed E-state index contributed by atoms with van der Waals surface area (Å²) in [6, 6.07) is 26.9. The lowest BCUT2D eigenvalue weighted by molar-refractivity contribution is -0.132. The van der Waals surface area contributed by atoms with Gasteiger partial charge in [0.1, 0.15) is 5.69 Å². The number of nitrogens with one attached hydrogen (secondary N) is 1. The number of aromatic nitrogens is 1. The molecule has 0 saturated carbocycles. The minimum Gasteiger partial charge on any atom is -0.481 e. The number of amides is 2. The molecule has 1 heterocycles. The highest BCUT2D eigenvalue weighted by Crippen LogP contribution is 2.37. The van der Waals surface area contributed by atoms with E-state index in [4.69, 9.17) is 9.72 Å². The Balaban J connectivity index is 1.84. The molecule has 0 aliphatic carbocycles. The molecule has 6 heteroatoms. The number of rotatable bonds is 10. The average molecular weight is 496 g/mol. The van der Waals surface area contributed by atoms with Crippen molar-refractivity contribution in [3.63, 3.8) is 0 Å². The van der Waals surface area contributed by atoms with Crippen molar-refractivity contribution in [1.29, 1.82) is 0 Å². The Hall–Kier alpha value is -4.19. The van der Waals surface area contributed by atoms with Crippen molar-refractivity contribution in [2.75, 3.05) is 19.7 Å². The van der Waals surface area contributed by atoms with Gasteiger partial charge in [-0.05, 0) is 31.9 Å². The number of ether oxygens (including phenoxy) is 1. The number of fused-ring (bicyclic) bond motifs is 1. The predicted molar refractivity (Wildman–Crippen MR) is 148 cm³/mol. The predicted octanol–water partition coefficient (Wildman–Crippen LogP) is 6.03. The third-order valence-electron chi connectivity index (χ3n) is 6.49. The molecule has 0 radical (unpaired) electrons. The van der Waals surface area contributed by atoms with Crippen molar-refractivity contribution < 1.29 is 14.3 Å². The molecule has 0 spiro atoms. The lowest BCUT2D eigenvalue weighted by Crippen LogP contribution is -2.35. The topological polar surface area (TPSA) is 71.5 Å². The minimum atomic E-state index is -0.267. The van der Waals surface area contributed by atoms with Crippen LogP contribution >= 0.6 is 0 Å². The second-order valence-corrected chi connectivity index (χ2v) is 8.75. The highest BCUT2D eigenvalue weighted by Gasteiger charge is 2.26. The van der Waals surface area contributed by atoms with E-state index in [1.165, 1.54) is 0 Å². The quantitative estimate of drug-likeness (QED) is 0.292. The molecule has 190 valence electrons. The maximum absolute atomic E-state index is 14.0. The fourth-order valence-corrected chi connectivity index (χ4v) is 4.49. The van der Waals surface area contributed by atoms with Crippen molar-refractivity contribution in [1.82, 2.24) is 15.2 Å². The second-order valence-electron chi connectivity index (χ2n) is 8.75. The van der Waals surface area contributed by atoms with Gasteiger partial charge < -0.3 is 15.0 Å². The summed E-state index contributed by atoms with van der Waals surface area (Å²) in [5, 5.41) is 3.88. The van der Waals surface area contributed by atoms with E-state index in [-0.39, 0.29) is 24.5 Å². The number of hydrogen-bond donors (Lipinski definition) is 1. The Morgan fingerprint density at radius 3 is 2.14 bits per heavy atom. The van der Waals surface area contributed by atoms with E-state index in [1.807, 2.05) is 106 Å². The first-order chi connectivity index (χ1) is 18.1. The van der Waals surface area contributed by atoms with Crippen LogP contribution < -0.4 is 10.1 Å². The molecule has 3 aromatic carbocycles. The van der Waals surface area contributed by atoms with E-state index in [1.54, 1.807) is 4.90 Å². The number of benzene rings is 3. The van der Waals surface area contributed by atoms with E-state index in [9.17, 15) is 9.59 Å². The van der Waals surface area contributed by atoms with Crippen molar-refractivity contribution in [2.24, 2.45) is 0 Å². The summed E-state index contributed by atoms with van der Waals surface area (Å²) in [6.07, 6.45) is 0.723. The average Bonchev–Trinajstić information content (AvgIpc) is 2.95. The number of carbonyl (C=O) groups is 2. The summed E-state index contributed by atoms with van der Waals surface area (Å²) in [5.41, 5.74) is 3.43. The van der Waals surface area contributed by atoms with Gasteiger partial charge in [-0.3, -0.25) is 9.59 Å². The van der Waals surface area contributed by atoms with Crippen LogP contribution in [0.1, 0.15) is 49.2 Å². The van der Waals surface area contributed by atoms with Gasteiger partial charge in [-0.25, -0.2) is 4.98 Å². The van der Waals surface area contributed by atoms with Crippen LogP contribution in [-0.2, 0) is 4.79 Å². The molecular formula is C31H33N3O3. The number of carbonyl (C=O) groups excluding carboxylic acids is 2.